The van der Waals surface area contributed by atoms with Gasteiger partial charge in [0.05, 0.1) is 6.61 Å². The molecule has 7 heteroatoms. The summed E-state index contributed by atoms with van der Waals surface area (Å²) in [5.41, 5.74) is 1.20. The molecule has 2 fully saturated rings. The zero-order valence-corrected chi connectivity index (χ0v) is 16.4. The van der Waals surface area contributed by atoms with Gasteiger partial charge in [0.1, 0.15) is 24.1 Å². The van der Waals surface area contributed by atoms with Gasteiger partial charge in [-0.1, -0.05) is 28.1 Å². The first kappa shape index (κ1) is 17.1. The number of morpholine rings is 1. The molecular formula is C18H21BrN4OS. The number of halogens is 1. The van der Waals surface area contributed by atoms with Gasteiger partial charge in [0.25, 0.3) is 0 Å². The average Bonchev–Trinajstić information content (AvgIpc) is 2.69. The van der Waals surface area contributed by atoms with E-state index in [-0.39, 0.29) is 6.10 Å². The molecule has 1 aromatic carbocycles. The molecule has 5 nitrogen and oxygen atoms in total. The zero-order chi connectivity index (χ0) is 17.1. The van der Waals surface area contributed by atoms with Gasteiger partial charge in [-0.3, -0.25) is 0 Å². The summed E-state index contributed by atoms with van der Waals surface area (Å²) in [7, 11) is 0. The first-order valence-corrected chi connectivity index (χ1v) is 10.5. The number of thioether (sulfide) groups is 1. The summed E-state index contributed by atoms with van der Waals surface area (Å²) in [4.78, 5) is 13.7. The molecule has 2 aliphatic heterocycles. The van der Waals surface area contributed by atoms with E-state index in [2.05, 4.69) is 60.0 Å². The van der Waals surface area contributed by atoms with Crippen molar-refractivity contribution in [1.82, 2.24) is 9.97 Å². The van der Waals surface area contributed by atoms with E-state index in [0.717, 1.165) is 42.3 Å². The number of benzene rings is 1. The van der Waals surface area contributed by atoms with Crippen LogP contribution in [-0.2, 0) is 4.74 Å². The Morgan fingerprint density at radius 2 is 1.84 bits per heavy atom. The third-order valence-electron chi connectivity index (χ3n) is 4.58. The second-order valence-electron chi connectivity index (χ2n) is 6.19. The normalized spacial score (nSPS) is 21.4. The number of hydrogen-bond acceptors (Lipinski definition) is 6. The molecule has 2 aliphatic rings. The lowest BCUT2D eigenvalue weighted by Gasteiger charge is -2.34. The maximum absolute atomic E-state index is 6.00. The molecule has 2 aromatic rings. The van der Waals surface area contributed by atoms with Crippen LogP contribution in [0.15, 0.2) is 41.1 Å². The van der Waals surface area contributed by atoms with Gasteiger partial charge in [0, 0.05) is 48.2 Å². The lowest BCUT2D eigenvalue weighted by molar-refractivity contribution is 0.0395. The van der Waals surface area contributed by atoms with Crippen molar-refractivity contribution in [2.75, 3.05) is 54.1 Å². The van der Waals surface area contributed by atoms with E-state index in [4.69, 9.17) is 4.74 Å². The molecule has 132 valence electrons. The van der Waals surface area contributed by atoms with E-state index in [1.165, 1.54) is 17.1 Å². The van der Waals surface area contributed by atoms with Crippen LogP contribution in [0.4, 0.5) is 11.6 Å². The SMILES string of the molecule is Brc1cccc(C2CN(c3cc(N4CCSCC4)ncn3)CCO2)c1. The van der Waals surface area contributed by atoms with Gasteiger partial charge in [-0.2, -0.15) is 11.8 Å². The van der Waals surface area contributed by atoms with Crippen LogP contribution in [0.5, 0.6) is 0 Å². The van der Waals surface area contributed by atoms with E-state index in [0.29, 0.717) is 6.61 Å². The van der Waals surface area contributed by atoms with E-state index in [1.54, 1.807) is 6.33 Å². The minimum absolute atomic E-state index is 0.0658. The third-order valence-corrected chi connectivity index (χ3v) is 6.02. The summed E-state index contributed by atoms with van der Waals surface area (Å²) in [5.74, 6) is 4.37. The Balaban J connectivity index is 1.51. The molecule has 1 unspecified atom stereocenters. The summed E-state index contributed by atoms with van der Waals surface area (Å²) in [6.45, 7) is 4.49. The predicted molar refractivity (Wildman–Crippen MR) is 107 cm³/mol. The van der Waals surface area contributed by atoms with Crippen molar-refractivity contribution < 1.29 is 4.74 Å². The Hall–Kier alpha value is -1.31. The number of anilines is 2. The molecule has 0 N–H and O–H groups in total. The summed E-state index contributed by atoms with van der Waals surface area (Å²) in [6.07, 6.45) is 1.76. The Morgan fingerprint density at radius 1 is 1.04 bits per heavy atom. The van der Waals surface area contributed by atoms with Crippen molar-refractivity contribution in [1.29, 1.82) is 0 Å². The van der Waals surface area contributed by atoms with Gasteiger partial charge in [0.15, 0.2) is 0 Å². The van der Waals surface area contributed by atoms with Crippen LogP contribution in [0.25, 0.3) is 0 Å². The first-order chi connectivity index (χ1) is 12.3. The fraction of sp³-hybridized carbons (Fsp3) is 0.444. The predicted octanol–water partition coefficient (Wildman–Crippen LogP) is 3.37. The van der Waals surface area contributed by atoms with Crippen molar-refractivity contribution in [3.05, 3.63) is 46.7 Å². The fourth-order valence-electron chi connectivity index (χ4n) is 3.24. The second kappa shape index (κ2) is 7.93. The van der Waals surface area contributed by atoms with Crippen molar-refractivity contribution in [2.45, 2.75) is 6.10 Å². The molecule has 1 aromatic heterocycles. The van der Waals surface area contributed by atoms with Crippen molar-refractivity contribution in [3.8, 4) is 0 Å². The molecule has 0 amide bonds. The highest BCUT2D eigenvalue weighted by atomic mass is 79.9. The second-order valence-corrected chi connectivity index (χ2v) is 8.33. The monoisotopic (exact) mass is 420 g/mol. The van der Waals surface area contributed by atoms with Crippen LogP contribution in [0.2, 0.25) is 0 Å². The zero-order valence-electron chi connectivity index (χ0n) is 14.0. The summed E-state index contributed by atoms with van der Waals surface area (Å²) in [6, 6.07) is 10.5. The van der Waals surface area contributed by atoms with Crippen LogP contribution in [-0.4, -0.2) is 54.3 Å². The Morgan fingerprint density at radius 3 is 2.64 bits per heavy atom. The number of ether oxygens (including phenoxy) is 1. The van der Waals surface area contributed by atoms with E-state index in [9.17, 15) is 0 Å². The minimum Gasteiger partial charge on any atom is -0.370 e. The molecule has 0 aliphatic carbocycles. The largest absolute Gasteiger partial charge is 0.370 e. The number of rotatable bonds is 3. The molecule has 1 atom stereocenters. The van der Waals surface area contributed by atoms with Crippen molar-refractivity contribution in [3.63, 3.8) is 0 Å². The Labute approximate surface area is 160 Å². The fourth-order valence-corrected chi connectivity index (χ4v) is 4.56. The van der Waals surface area contributed by atoms with Crippen molar-refractivity contribution in [2.24, 2.45) is 0 Å². The van der Waals surface area contributed by atoms with Gasteiger partial charge >= 0.3 is 0 Å². The first-order valence-electron chi connectivity index (χ1n) is 8.56. The molecule has 0 saturated carbocycles. The number of nitrogens with zero attached hydrogens (tertiary/aromatic N) is 4. The van der Waals surface area contributed by atoms with Crippen LogP contribution >= 0.6 is 27.7 Å². The van der Waals surface area contributed by atoms with Crippen LogP contribution < -0.4 is 9.80 Å². The highest BCUT2D eigenvalue weighted by Crippen LogP contribution is 2.28. The van der Waals surface area contributed by atoms with Gasteiger partial charge in [-0.25, -0.2) is 9.97 Å². The quantitative estimate of drug-likeness (QED) is 0.757. The lowest BCUT2D eigenvalue weighted by Crippen LogP contribution is -2.39. The van der Waals surface area contributed by atoms with Crippen LogP contribution in [0.1, 0.15) is 11.7 Å². The molecule has 4 rings (SSSR count). The van der Waals surface area contributed by atoms with Gasteiger partial charge in [0.2, 0.25) is 0 Å². The summed E-state index contributed by atoms with van der Waals surface area (Å²) in [5, 5.41) is 0. The van der Waals surface area contributed by atoms with Gasteiger partial charge in [-0.15, -0.1) is 0 Å². The molecular weight excluding hydrogens is 400 g/mol. The van der Waals surface area contributed by atoms with E-state index in [1.807, 2.05) is 17.8 Å². The summed E-state index contributed by atoms with van der Waals surface area (Å²) >= 11 is 5.55. The van der Waals surface area contributed by atoms with E-state index < -0.39 is 0 Å². The molecule has 0 bridgehead atoms. The van der Waals surface area contributed by atoms with E-state index >= 15 is 0 Å². The van der Waals surface area contributed by atoms with Crippen molar-refractivity contribution >= 4 is 39.3 Å². The molecule has 3 heterocycles. The molecule has 2 saturated heterocycles. The standard InChI is InChI=1S/C18H21BrN4OS/c19-15-3-1-2-14(10-15)16-12-23(4-7-24-16)18-11-17(20-13-21-18)22-5-8-25-9-6-22/h1-3,10-11,13,16H,4-9,12H2. The maximum atomic E-state index is 6.00. The molecule has 0 spiro atoms. The smallest absolute Gasteiger partial charge is 0.134 e. The van der Waals surface area contributed by atoms with Gasteiger partial charge in [-0.05, 0) is 17.7 Å². The summed E-state index contributed by atoms with van der Waals surface area (Å²) < 4.78 is 7.08. The molecule has 0 radical (unpaired) electrons. The maximum Gasteiger partial charge on any atom is 0.134 e. The van der Waals surface area contributed by atoms with Gasteiger partial charge < -0.3 is 14.5 Å². The van der Waals surface area contributed by atoms with Crippen LogP contribution in [0.3, 0.4) is 0 Å². The average molecular weight is 421 g/mol. The third kappa shape index (κ3) is 4.10. The highest BCUT2D eigenvalue weighted by molar-refractivity contribution is 9.10. The lowest BCUT2D eigenvalue weighted by atomic mass is 10.1. The molecule has 25 heavy (non-hydrogen) atoms. The Kier molecular flexibility index (Phi) is 5.43. The van der Waals surface area contributed by atoms with Crippen LogP contribution in [0, 0.1) is 0 Å². The minimum atomic E-state index is 0.0658. The Bertz CT molecular complexity index is 726. The number of aromatic nitrogens is 2. The topological polar surface area (TPSA) is 41.5 Å². The number of hydrogen-bond donors (Lipinski definition) is 0. The highest BCUT2D eigenvalue weighted by Gasteiger charge is 2.24.